The molecule has 30 heavy (non-hydrogen) atoms. The van der Waals surface area contributed by atoms with E-state index in [0.717, 1.165) is 31.9 Å². The summed E-state index contributed by atoms with van der Waals surface area (Å²) in [6, 6.07) is 7.53. The number of aromatic hydroxyl groups is 1. The summed E-state index contributed by atoms with van der Waals surface area (Å²) >= 11 is 5.91. The molecule has 0 saturated heterocycles. The zero-order chi connectivity index (χ0) is 21.5. The van der Waals surface area contributed by atoms with Crippen LogP contribution >= 0.6 is 11.6 Å². The second kappa shape index (κ2) is 10.1. The van der Waals surface area contributed by atoms with Crippen molar-refractivity contribution in [2.24, 2.45) is 5.92 Å². The quantitative estimate of drug-likeness (QED) is 0.519. The van der Waals surface area contributed by atoms with Crippen molar-refractivity contribution in [3.05, 3.63) is 65.1 Å². The number of anilines is 1. The molecule has 2 amide bonds. The summed E-state index contributed by atoms with van der Waals surface area (Å²) in [5, 5.41) is 25.1. The predicted octanol–water partition coefficient (Wildman–Crippen LogP) is 3.98. The number of rotatable bonds is 6. The first kappa shape index (κ1) is 21.6. The Labute approximate surface area is 179 Å². The highest BCUT2D eigenvalue weighted by atomic mass is 35.5. The minimum atomic E-state index is -0.356. The van der Waals surface area contributed by atoms with E-state index in [1.165, 1.54) is 24.4 Å². The van der Waals surface area contributed by atoms with Crippen LogP contribution in [0.2, 0.25) is 5.02 Å². The molecule has 2 atom stereocenters. The molecule has 0 unspecified atom stereocenters. The van der Waals surface area contributed by atoms with Crippen LogP contribution < -0.4 is 10.6 Å². The number of carbonyl (C=O) groups excluding carboxylic acids is 2. The Bertz CT molecular complexity index is 948. The number of nitrogens with zero attached hydrogens (tertiary/aromatic N) is 1. The van der Waals surface area contributed by atoms with Crippen LogP contribution in [-0.2, 0) is 11.2 Å². The highest BCUT2D eigenvalue weighted by Gasteiger charge is 2.25. The lowest BCUT2D eigenvalue weighted by atomic mass is 9.84. The van der Waals surface area contributed by atoms with Gasteiger partial charge in [-0.1, -0.05) is 24.4 Å². The van der Waals surface area contributed by atoms with E-state index in [0.29, 0.717) is 16.3 Å². The number of aliphatic hydroxyl groups is 1. The van der Waals surface area contributed by atoms with Crippen molar-refractivity contribution in [2.45, 2.75) is 38.1 Å². The van der Waals surface area contributed by atoms with Gasteiger partial charge in [0, 0.05) is 34.4 Å². The second-order valence-electron chi connectivity index (χ2n) is 7.30. The van der Waals surface area contributed by atoms with Gasteiger partial charge in [-0.3, -0.25) is 14.6 Å². The number of amides is 2. The molecule has 1 fully saturated rings. The molecule has 0 aliphatic heterocycles. The van der Waals surface area contributed by atoms with E-state index in [1.807, 2.05) is 0 Å². The summed E-state index contributed by atoms with van der Waals surface area (Å²) in [5.74, 6) is -0.614. The molecule has 158 valence electrons. The van der Waals surface area contributed by atoms with Crippen LogP contribution in [0, 0.1) is 5.92 Å². The van der Waals surface area contributed by atoms with Crippen LogP contribution in [0.15, 0.2) is 48.9 Å². The van der Waals surface area contributed by atoms with Gasteiger partial charge in [-0.2, -0.15) is 0 Å². The number of aromatic nitrogens is 1. The molecular formula is C22H24ClN3O4. The van der Waals surface area contributed by atoms with E-state index in [1.54, 1.807) is 18.2 Å². The van der Waals surface area contributed by atoms with Crippen molar-refractivity contribution in [2.75, 3.05) is 5.32 Å². The maximum absolute atomic E-state index is 12.7. The number of pyridine rings is 1. The van der Waals surface area contributed by atoms with Gasteiger partial charge in [0.2, 0.25) is 5.91 Å². The zero-order valence-electron chi connectivity index (χ0n) is 16.3. The number of carbonyl (C=O) groups is 2. The Morgan fingerprint density at radius 1 is 1.20 bits per heavy atom. The SMILES string of the molecule is O=C(Cc1cc(Cl)ccc1O)Nc1ccnc(C(=O)N[C@H]2CCCC[C@H]2/C=C/O)c1. The first-order chi connectivity index (χ1) is 14.5. The van der Waals surface area contributed by atoms with Gasteiger partial charge < -0.3 is 20.8 Å². The fraction of sp³-hybridized carbons (Fsp3) is 0.318. The van der Waals surface area contributed by atoms with Crippen LogP contribution in [0.25, 0.3) is 0 Å². The Hall–Kier alpha value is -3.06. The maximum Gasteiger partial charge on any atom is 0.270 e. The minimum Gasteiger partial charge on any atom is -0.516 e. The Morgan fingerprint density at radius 3 is 2.80 bits per heavy atom. The highest BCUT2D eigenvalue weighted by Crippen LogP contribution is 2.26. The molecule has 1 saturated carbocycles. The molecule has 8 heteroatoms. The lowest BCUT2D eigenvalue weighted by molar-refractivity contribution is -0.115. The molecule has 1 aromatic heterocycles. The Balaban J connectivity index is 1.64. The largest absolute Gasteiger partial charge is 0.516 e. The van der Waals surface area contributed by atoms with Crippen molar-refractivity contribution in [3.8, 4) is 5.75 Å². The molecule has 7 nitrogen and oxygen atoms in total. The van der Waals surface area contributed by atoms with Crippen LogP contribution in [0.3, 0.4) is 0 Å². The van der Waals surface area contributed by atoms with Crippen LogP contribution in [0.1, 0.15) is 41.7 Å². The number of hydrogen-bond acceptors (Lipinski definition) is 5. The summed E-state index contributed by atoms with van der Waals surface area (Å²) < 4.78 is 0. The van der Waals surface area contributed by atoms with Crippen molar-refractivity contribution in [1.29, 1.82) is 0 Å². The first-order valence-corrected chi connectivity index (χ1v) is 10.2. The molecule has 1 aromatic carbocycles. The summed E-state index contributed by atoms with van der Waals surface area (Å²) in [7, 11) is 0. The Morgan fingerprint density at radius 2 is 2.00 bits per heavy atom. The molecule has 0 bridgehead atoms. The number of benzene rings is 1. The van der Waals surface area contributed by atoms with Gasteiger partial charge in [0.15, 0.2) is 0 Å². The molecule has 0 spiro atoms. The van der Waals surface area contributed by atoms with Crippen molar-refractivity contribution in [1.82, 2.24) is 10.3 Å². The second-order valence-corrected chi connectivity index (χ2v) is 7.73. The van der Waals surface area contributed by atoms with E-state index in [2.05, 4.69) is 15.6 Å². The van der Waals surface area contributed by atoms with Crippen molar-refractivity contribution < 1.29 is 19.8 Å². The van der Waals surface area contributed by atoms with Crippen molar-refractivity contribution >= 4 is 29.1 Å². The van der Waals surface area contributed by atoms with Crippen LogP contribution in [0.5, 0.6) is 5.75 Å². The number of halogens is 1. The molecule has 4 N–H and O–H groups in total. The fourth-order valence-electron chi connectivity index (χ4n) is 3.63. The Kier molecular flexibility index (Phi) is 7.30. The normalized spacial score (nSPS) is 18.8. The number of phenolic OH excluding ortho intramolecular Hbond substituents is 1. The summed E-state index contributed by atoms with van der Waals surface area (Å²) in [5.41, 5.74) is 1.03. The fourth-order valence-corrected chi connectivity index (χ4v) is 3.82. The molecule has 0 radical (unpaired) electrons. The molecular weight excluding hydrogens is 406 g/mol. The third-order valence-electron chi connectivity index (χ3n) is 5.14. The standard InChI is InChI=1S/C22H24ClN3O4/c23-16-5-6-20(28)15(11-16)12-21(29)25-17-7-9-24-19(13-17)22(30)26-18-4-2-1-3-14(18)8-10-27/h5-11,13-14,18,27-28H,1-4,12H2,(H,26,30)(H,24,25,29)/b10-8+/t14-,18-/m0/s1. The summed E-state index contributed by atoms with van der Waals surface area (Å²) in [6.07, 6.45) is 7.94. The number of nitrogens with one attached hydrogen (secondary N) is 2. The van der Waals surface area contributed by atoms with Gasteiger partial charge in [0.1, 0.15) is 11.4 Å². The number of phenols is 1. The van der Waals surface area contributed by atoms with E-state index in [9.17, 15) is 14.7 Å². The topological polar surface area (TPSA) is 112 Å². The lowest BCUT2D eigenvalue weighted by Gasteiger charge is -2.29. The van der Waals surface area contributed by atoms with Gasteiger partial charge in [-0.05, 0) is 49.2 Å². The van der Waals surface area contributed by atoms with E-state index < -0.39 is 0 Å². The lowest BCUT2D eigenvalue weighted by Crippen LogP contribution is -2.41. The van der Waals surface area contributed by atoms with Crippen molar-refractivity contribution in [3.63, 3.8) is 0 Å². The summed E-state index contributed by atoms with van der Waals surface area (Å²) in [6.45, 7) is 0. The molecule has 1 heterocycles. The van der Waals surface area contributed by atoms with E-state index in [4.69, 9.17) is 16.7 Å². The van der Waals surface area contributed by atoms with Gasteiger partial charge in [-0.15, -0.1) is 0 Å². The smallest absolute Gasteiger partial charge is 0.270 e. The zero-order valence-corrected chi connectivity index (χ0v) is 17.1. The highest BCUT2D eigenvalue weighted by molar-refractivity contribution is 6.30. The van der Waals surface area contributed by atoms with Gasteiger partial charge in [0.25, 0.3) is 5.91 Å². The van der Waals surface area contributed by atoms with Gasteiger partial charge >= 0.3 is 0 Å². The number of aliphatic hydroxyl groups excluding tert-OH is 1. The molecule has 1 aliphatic rings. The van der Waals surface area contributed by atoms with Crippen LogP contribution in [0.4, 0.5) is 5.69 Å². The average Bonchev–Trinajstić information content (AvgIpc) is 2.72. The minimum absolute atomic E-state index is 0.0108. The third-order valence-corrected chi connectivity index (χ3v) is 5.37. The monoisotopic (exact) mass is 429 g/mol. The van der Waals surface area contributed by atoms with Gasteiger partial charge in [-0.25, -0.2) is 0 Å². The molecule has 1 aliphatic carbocycles. The molecule has 3 rings (SSSR count). The maximum atomic E-state index is 12.7. The molecule has 2 aromatic rings. The van der Waals surface area contributed by atoms with E-state index >= 15 is 0 Å². The predicted molar refractivity (Wildman–Crippen MR) is 115 cm³/mol. The van der Waals surface area contributed by atoms with Crippen LogP contribution in [-0.4, -0.2) is 33.1 Å². The number of hydrogen-bond donors (Lipinski definition) is 4. The third kappa shape index (κ3) is 5.73. The average molecular weight is 430 g/mol. The van der Waals surface area contributed by atoms with E-state index in [-0.39, 0.29) is 41.6 Å². The summed E-state index contributed by atoms with van der Waals surface area (Å²) in [4.78, 5) is 29.1. The first-order valence-electron chi connectivity index (χ1n) is 9.81. The van der Waals surface area contributed by atoms with Gasteiger partial charge in [0.05, 0.1) is 12.7 Å².